The Labute approximate surface area is 136 Å². The van der Waals surface area contributed by atoms with Gasteiger partial charge < -0.3 is 5.32 Å². The number of piperidine rings is 1. The molecular weight excluding hydrogens is 288 g/mol. The summed E-state index contributed by atoms with van der Waals surface area (Å²) in [4.78, 5) is 11.0. The first-order valence-electron chi connectivity index (χ1n) is 8.59. The second kappa shape index (κ2) is 6.28. The maximum Gasteiger partial charge on any atom is 0.129 e. The molecule has 1 N–H and O–H groups in total. The molecule has 23 heavy (non-hydrogen) atoms. The molecule has 4 rings (SSSR count). The van der Waals surface area contributed by atoms with Gasteiger partial charge in [-0.2, -0.15) is 5.10 Å². The zero-order valence-corrected chi connectivity index (χ0v) is 13.7. The molecule has 122 valence electrons. The van der Waals surface area contributed by atoms with E-state index in [9.17, 15) is 0 Å². The van der Waals surface area contributed by atoms with Gasteiger partial charge in [-0.25, -0.2) is 9.97 Å². The summed E-state index contributed by atoms with van der Waals surface area (Å²) in [5, 5.41) is 8.26. The van der Waals surface area contributed by atoms with Crippen LogP contribution < -0.4 is 5.32 Å². The first kappa shape index (κ1) is 14.6. The van der Waals surface area contributed by atoms with Gasteiger partial charge >= 0.3 is 0 Å². The van der Waals surface area contributed by atoms with Gasteiger partial charge in [0.05, 0.1) is 5.69 Å². The normalized spacial score (nSPS) is 19.0. The zero-order chi connectivity index (χ0) is 15.6. The van der Waals surface area contributed by atoms with Gasteiger partial charge in [0.15, 0.2) is 0 Å². The minimum atomic E-state index is 0.507. The number of aryl methyl sites for hydroxylation is 3. The molecule has 1 saturated heterocycles. The highest BCUT2D eigenvalue weighted by atomic mass is 15.3. The van der Waals surface area contributed by atoms with Gasteiger partial charge in [-0.1, -0.05) is 0 Å². The summed E-state index contributed by atoms with van der Waals surface area (Å²) in [6, 6.07) is 4.81. The Bertz CT molecular complexity index is 650. The lowest BCUT2D eigenvalue weighted by Gasteiger charge is -2.32. The Morgan fingerprint density at radius 2 is 2.04 bits per heavy atom. The van der Waals surface area contributed by atoms with E-state index in [0.717, 1.165) is 50.5 Å². The molecule has 0 spiro atoms. The van der Waals surface area contributed by atoms with Gasteiger partial charge in [0.2, 0.25) is 0 Å². The standard InChI is InChI=1S/C17H24N6/c1-13-9-17(19-12-18-13)20-14-4-7-22(8-5-14)11-15-10-16-3-2-6-23(16)21-15/h9-10,12,14H,2-8,11H2,1H3,(H,18,19,20). The summed E-state index contributed by atoms with van der Waals surface area (Å²) >= 11 is 0. The molecule has 2 aromatic rings. The Balaban J connectivity index is 1.28. The summed E-state index contributed by atoms with van der Waals surface area (Å²) < 4.78 is 2.18. The summed E-state index contributed by atoms with van der Waals surface area (Å²) in [5.74, 6) is 0.946. The predicted molar refractivity (Wildman–Crippen MR) is 89.2 cm³/mol. The van der Waals surface area contributed by atoms with E-state index in [1.165, 1.54) is 24.2 Å². The zero-order valence-electron chi connectivity index (χ0n) is 13.7. The van der Waals surface area contributed by atoms with Crippen molar-refractivity contribution in [1.29, 1.82) is 0 Å². The van der Waals surface area contributed by atoms with Crippen molar-refractivity contribution >= 4 is 5.82 Å². The monoisotopic (exact) mass is 312 g/mol. The Morgan fingerprint density at radius 1 is 1.17 bits per heavy atom. The minimum absolute atomic E-state index is 0.507. The lowest BCUT2D eigenvalue weighted by atomic mass is 10.0. The van der Waals surface area contributed by atoms with E-state index >= 15 is 0 Å². The van der Waals surface area contributed by atoms with Crippen LogP contribution in [0.25, 0.3) is 0 Å². The molecule has 0 aromatic carbocycles. The topological polar surface area (TPSA) is 58.9 Å². The van der Waals surface area contributed by atoms with Gasteiger partial charge in [0.25, 0.3) is 0 Å². The van der Waals surface area contributed by atoms with Crippen molar-refractivity contribution in [3.63, 3.8) is 0 Å². The second-order valence-corrected chi connectivity index (χ2v) is 6.69. The van der Waals surface area contributed by atoms with E-state index in [2.05, 4.69) is 30.9 Å². The number of anilines is 1. The van der Waals surface area contributed by atoms with E-state index in [-0.39, 0.29) is 0 Å². The van der Waals surface area contributed by atoms with E-state index in [1.807, 2.05) is 13.0 Å². The lowest BCUT2D eigenvalue weighted by Crippen LogP contribution is -2.38. The van der Waals surface area contributed by atoms with E-state index < -0.39 is 0 Å². The maximum atomic E-state index is 4.72. The maximum absolute atomic E-state index is 4.72. The van der Waals surface area contributed by atoms with Crippen molar-refractivity contribution in [1.82, 2.24) is 24.6 Å². The highest BCUT2D eigenvalue weighted by molar-refractivity contribution is 5.35. The van der Waals surface area contributed by atoms with Crippen molar-refractivity contribution in [2.75, 3.05) is 18.4 Å². The van der Waals surface area contributed by atoms with Crippen molar-refractivity contribution in [3.05, 3.63) is 35.5 Å². The molecular formula is C17H24N6. The Hall–Kier alpha value is -1.95. The van der Waals surface area contributed by atoms with E-state index in [1.54, 1.807) is 6.33 Å². The molecule has 6 heteroatoms. The number of hydrogen-bond donors (Lipinski definition) is 1. The fourth-order valence-corrected chi connectivity index (χ4v) is 3.60. The van der Waals surface area contributed by atoms with Crippen molar-refractivity contribution in [3.8, 4) is 0 Å². The molecule has 0 radical (unpaired) electrons. The second-order valence-electron chi connectivity index (χ2n) is 6.69. The third-order valence-electron chi connectivity index (χ3n) is 4.85. The number of fused-ring (bicyclic) bond motifs is 1. The molecule has 0 bridgehead atoms. The fraction of sp³-hybridized carbons (Fsp3) is 0.588. The highest BCUT2D eigenvalue weighted by Crippen LogP contribution is 2.19. The molecule has 2 aromatic heterocycles. The smallest absolute Gasteiger partial charge is 0.129 e. The van der Waals surface area contributed by atoms with Crippen molar-refractivity contribution < 1.29 is 0 Å². The van der Waals surface area contributed by atoms with Crippen LogP contribution in [0.1, 0.15) is 36.3 Å². The molecule has 4 heterocycles. The van der Waals surface area contributed by atoms with Crippen LogP contribution >= 0.6 is 0 Å². The SMILES string of the molecule is Cc1cc(NC2CCN(Cc3cc4n(n3)CCC4)CC2)ncn1. The van der Waals surface area contributed by atoms with Crippen LogP contribution in [0, 0.1) is 6.92 Å². The summed E-state index contributed by atoms with van der Waals surface area (Å²) in [6.45, 7) is 6.31. The fourth-order valence-electron chi connectivity index (χ4n) is 3.60. The Morgan fingerprint density at radius 3 is 2.83 bits per heavy atom. The molecule has 2 aliphatic heterocycles. The number of nitrogens with one attached hydrogen (secondary N) is 1. The molecule has 0 aliphatic carbocycles. The van der Waals surface area contributed by atoms with Crippen LogP contribution in [0.5, 0.6) is 0 Å². The van der Waals surface area contributed by atoms with Gasteiger partial charge in [0.1, 0.15) is 12.1 Å². The summed E-state index contributed by atoms with van der Waals surface area (Å²) in [6.07, 6.45) is 6.37. The van der Waals surface area contributed by atoms with Crippen LogP contribution in [0.3, 0.4) is 0 Å². The van der Waals surface area contributed by atoms with Gasteiger partial charge in [-0.15, -0.1) is 0 Å². The number of likely N-dealkylation sites (tertiary alicyclic amines) is 1. The summed E-state index contributed by atoms with van der Waals surface area (Å²) in [5.41, 5.74) is 3.65. The predicted octanol–water partition coefficient (Wildman–Crippen LogP) is 2.00. The minimum Gasteiger partial charge on any atom is -0.367 e. The molecule has 0 amide bonds. The number of nitrogens with zero attached hydrogens (tertiary/aromatic N) is 5. The first-order chi connectivity index (χ1) is 11.3. The molecule has 2 aliphatic rings. The number of hydrogen-bond acceptors (Lipinski definition) is 5. The Kier molecular flexibility index (Phi) is 3.99. The van der Waals surface area contributed by atoms with E-state index in [0.29, 0.717) is 6.04 Å². The van der Waals surface area contributed by atoms with Crippen LogP contribution in [-0.2, 0) is 19.5 Å². The average Bonchev–Trinajstić information content (AvgIpc) is 3.10. The lowest BCUT2D eigenvalue weighted by molar-refractivity contribution is 0.208. The third kappa shape index (κ3) is 3.37. The van der Waals surface area contributed by atoms with Gasteiger partial charge in [-0.05, 0) is 38.7 Å². The summed E-state index contributed by atoms with van der Waals surface area (Å²) in [7, 11) is 0. The van der Waals surface area contributed by atoms with Crippen LogP contribution in [0.2, 0.25) is 0 Å². The highest BCUT2D eigenvalue weighted by Gasteiger charge is 2.21. The van der Waals surface area contributed by atoms with Gasteiger partial charge in [-0.3, -0.25) is 9.58 Å². The van der Waals surface area contributed by atoms with Crippen LogP contribution in [0.4, 0.5) is 5.82 Å². The van der Waals surface area contributed by atoms with Crippen molar-refractivity contribution in [2.45, 2.75) is 51.7 Å². The average molecular weight is 312 g/mol. The molecule has 0 saturated carbocycles. The first-order valence-corrected chi connectivity index (χ1v) is 8.59. The molecule has 0 unspecified atom stereocenters. The van der Waals surface area contributed by atoms with Gasteiger partial charge in [0, 0.05) is 49.7 Å². The molecule has 0 atom stereocenters. The third-order valence-corrected chi connectivity index (χ3v) is 4.85. The number of aromatic nitrogens is 4. The van der Waals surface area contributed by atoms with Crippen LogP contribution in [0.15, 0.2) is 18.5 Å². The van der Waals surface area contributed by atoms with E-state index in [4.69, 9.17) is 5.10 Å². The van der Waals surface area contributed by atoms with Crippen LogP contribution in [-0.4, -0.2) is 43.8 Å². The molecule has 6 nitrogen and oxygen atoms in total. The largest absolute Gasteiger partial charge is 0.367 e. The number of rotatable bonds is 4. The van der Waals surface area contributed by atoms with Crippen molar-refractivity contribution in [2.24, 2.45) is 0 Å². The molecule has 1 fully saturated rings. The quantitative estimate of drug-likeness (QED) is 0.936.